The van der Waals surface area contributed by atoms with Crippen LogP contribution in [0.4, 0.5) is 5.69 Å². The summed E-state index contributed by atoms with van der Waals surface area (Å²) in [7, 11) is 0. The Labute approximate surface area is 141 Å². The van der Waals surface area contributed by atoms with Gasteiger partial charge in [0, 0.05) is 24.7 Å². The summed E-state index contributed by atoms with van der Waals surface area (Å²) in [4.78, 5) is 12.5. The number of benzene rings is 1. The third-order valence-electron chi connectivity index (χ3n) is 4.06. The molecule has 1 aliphatic rings. The molecule has 0 radical (unpaired) electrons. The van der Waals surface area contributed by atoms with Gasteiger partial charge in [0.2, 0.25) is 0 Å². The van der Waals surface area contributed by atoms with Crippen LogP contribution in [-0.4, -0.2) is 35.0 Å². The van der Waals surface area contributed by atoms with Gasteiger partial charge in [-0.05, 0) is 38.5 Å². The zero-order valence-electron chi connectivity index (χ0n) is 14.3. The molecule has 1 N–H and O–H groups in total. The van der Waals surface area contributed by atoms with Crippen LogP contribution in [0.3, 0.4) is 0 Å². The monoisotopic (exact) mass is 329 g/mol. The Kier molecular flexibility index (Phi) is 4.85. The van der Waals surface area contributed by atoms with Gasteiger partial charge in [0.05, 0.1) is 18.9 Å². The molecule has 0 spiro atoms. The van der Waals surface area contributed by atoms with Gasteiger partial charge in [-0.1, -0.05) is 6.07 Å². The summed E-state index contributed by atoms with van der Waals surface area (Å²) >= 11 is 0. The largest absolute Gasteiger partial charge is 0.488 e. The van der Waals surface area contributed by atoms with E-state index in [9.17, 15) is 4.79 Å². The molecule has 2 heterocycles. The van der Waals surface area contributed by atoms with Crippen LogP contribution in [-0.2, 0) is 11.3 Å². The first-order chi connectivity index (χ1) is 11.6. The van der Waals surface area contributed by atoms with Crippen LogP contribution in [0.2, 0.25) is 0 Å². The highest BCUT2D eigenvalue weighted by Gasteiger charge is 2.19. The van der Waals surface area contributed by atoms with Gasteiger partial charge in [0.25, 0.3) is 5.91 Å². The molecular weight excluding hydrogens is 306 g/mol. The summed E-state index contributed by atoms with van der Waals surface area (Å²) in [6, 6.07) is 7.49. The minimum atomic E-state index is -0.170. The highest BCUT2D eigenvalue weighted by Crippen LogP contribution is 2.26. The second-order valence-electron chi connectivity index (χ2n) is 6.02. The summed E-state index contributed by atoms with van der Waals surface area (Å²) in [6.45, 7) is 7.84. The van der Waals surface area contributed by atoms with Crippen molar-refractivity contribution in [1.29, 1.82) is 0 Å². The predicted molar refractivity (Wildman–Crippen MR) is 91.6 cm³/mol. The van der Waals surface area contributed by atoms with Crippen molar-refractivity contribution in [3.8, 4) is 5.75 Å². The molecule has 1 saturated heterocycles. The SMILES string of the molecule is CCn1nc(C)cc1C(=O)Nc1ccc(C)c(O[C@H]2CCOC2)c1. The Morgan fingerprint density at radius 2 is 2.25 bits per heavy atom. The molecule has 0 bridgehead atoms. The molecule has 1 fully saturated rings. The third-order valence-corrected chi connectivity index (χ3v) is 4.06. The quantitative estimate of drug-likeness (QED) is 0.916. The van der Waals surface area contributed by atoms with E-state index in [-0.39, 0.29) is 12.0 Å². The molecule has 6 heteroatoms. The number of amides is 1. The van der Waals surface area contributed by atoms with E-state index in [0.717, 1.165) is 30.0 Å². The van der Waals surface area contributed by atoms with Crippen LogP contribution < -0.4 is 10.1 Å². The van der Waals surface area contributed by atoms with E-state index in [2.05, 4.69) is 10.4 Å². The first-order valence-corrected chi connectivity index (χ1v) is 8.27. The van der Waals surface area contributed by atoms with Gasteiger partial charge < -0.3 is 14.8 Å². The van der Waals surface area contributed by atoms with E-state index in [1.807, 2.05) is 39.0 Å². The highest BCUT2D eigenvalue weighted by atomic mass is 16.5. The summed E-state index contributed by atoms with van der Waals surface area (Å²) in [5.74, 6) is 0.611. The van der Waals surface area contributed by atoms with Gasteiger partial charge in [0.15, 0.2) is 0 Å². The summed E-state index contributed by atoms with van der Waals surface area (Å²) in [5, 5.41) is 7.24. The first-order valence-electron chi connectivity index (χ1n) is 8.27. The Balaban J connectivity index is 1.75. The number of aromatic nitrogens is 2. The average molecular weight is 329 g/mol. The molecule has 3 rings (SSSR count). The lowest BCUT2D eigenvalue weighted by molar-refractivity contribution is 0.101. The van der Waals surface area contributed by atoms with Gasteiger partial charge in [0.1, 0.15) is 17.5 Å². The molecule has 1 amide bonds. The van der Waals surface area contributed by atoms with Crippen molar-refractivity contribution in [2.45, 2.75) is 39.8 Å². The Morgan fingerprint density at radius 1 is 1.42 bits per heavy atom. The summed E-state index contributed by atoms with van der Waals surface area (Å²) < 4.78 is 13.0. The molecule has 1 aliphatic heterocycles. The Bertz CT molecular complexity index is 733. The average Bonchev–Trinajstić information content (AvgIpc) is 3.19. The number of carbonyl (C=O) groups is 1. The number of nitrogens with zero attached hydrogens (tertiary/aromatic N) is 2. The Hall–Kier alpha value is -2.34. The van der Waals surface area contributed by atoms with E-state index in [0.29, 0.717) is 24.5 Å². The van der Waals surface area contributed by atoms with Gasteiger partial charge >= 0.3 is 0 Å². The van der Waals surface area contributed by atoms with Crippen molar-refractivity contribution in [3.05, 3.63) is 41.2 Å². The van der Waals surface area contributed by atoms with E-state index in [4.69, 9.17) is 9.47 Å². The minimum absolute atomic E-state index is 0.0822. The van der Waals surface area contributed by atoms with E-state index < -0.39 is 0 Å². The van der Waals surface area contributed by atoms with Crippen molar-refractivity contribution in [1.82, 2.24) is 9.78 Å². The molecule has 1 aromatic heterocycles. The Morgan fingerprint density at radius 3 is 2.96 bits per heavy atom. The summed E-state index contributed by atoms with van der Waals surface area (Å²) in [6.07, 6.45) is 0.976. The fraction of sp³-hybridized carbons (Fsp3) is 0.444. The number of aryl methyl sites for hydroxylation is 3. The molecule has 1 atom stereocenters. The maximum Gasteiger partial charge on any atom is 0.273 e. The first kappa shape index (κ1) is 16.5. The molecule has 2 aromatic rings. The van der Waals surface area contributed by atoms with Crippen LogP contribution in [0.5, 0.6) is 5.75 Å². The molecule has 1 aromatic carbocycles. The molecule has 0 aliphatic carbocycles. The van der Waals surface area contributed by atoms with Gasteiger partial charge in [-0.25, -0.2) is 0 Å². The number of hydrogen-bond acceptors (Lipinski definition) is 4. The molecule has 128 valence electrons. The highest BCUT2D eigenvalue weighted by molar-refractivity contribution is 6.03. The van der Waals surface area contributed by atoms with Gasteiger partial charge in [-0.2, -0.15) is 5.10 Å². The maximum absolute atomic E-state index is 12.5. The van der Waals surface area contributed by atoms with E-state index in [1.165, 1.54) is 0 Å². The maximum atomic E-state index is 12.5. The van der Waals surface area contributed by atoms with Gasteiger partial charge in [-0.15, -0.1) is 0 Å². The normalized spacial score (nSPS) is 17.0. The second-order valence-corrected chi connectivity index (χ2v) is 6.02. The predicted octanol–water partition coefficient (Wildman–Crippen LogP) is 2.94. The lowest BCUT2D eigenvalue weighted by Gasteiger charge is -2.15. The molecule has 0 unspecified atom stereocenters. The fourth-order valence-corrected chi connectivity index (χ4v) is 2.75. The number of rotatable bonds is 5. The molecular formula is C18H23N3O3. The minimum Gasteiger partial charge on any atom is -0.488 e. The third kappa shape index (κ3) is 3.59. The van der Waals surface area contributed by atoms with Crippen molar-refractivity contribution in [3.63, 3.8) is 0 Å². The second kappa shape index (κ2) is 7.05. The zero-order chi connectivity index (χ0) is 17.1. The van der Waals surface area contributed by atoms with Crippen molar-refractivity contribution in [2.24, 2.45) is 0 Å². The van der Waals surface area contributed by atoms with Crippen LogP contribution in [0, 0.1) is 13.8 Å². The van der Waals surface area contributed by atoms with Crippen molar-refractivity contribution in [2.75, 3.05) is 18.5 Å². The van der Waals surface area contributed by atoms with Crippen LogP contribution in [0.1, 0.15) is 35.1 Å². The van der Waals surface area contributed by atoms with E-state index in [1.54, 1.807) is 10.7 Å². The number of nitrogens with one attached hydrogen (secondary N) is 1. The molecule has 0 saturated carbocycles. The number of ether oxygens (including phenoxy) is 2. The lowest BCUT2D eigenvalue weighted by Crippen LogP contribution is -2.18. The summed E-state index contributed by atoms with van der Waals surface area (Å²) in [5.41, 5.74) is 3.13. The van der Waals surface area contributed by atoms with Crippen LogP contribution >= 0.6 is 0 Å². The molecule has 24 heavy (non-hydrogen) atoms. The fourth-order valence-electron chi connectivity index (χ4n) is 2.75. The lowest BCUT2D eigenvalue weighted by atomic mass is 10.2. The van der Waals surface area contributed by atoms with Crippen molar-refractivity contribution < 1.29 is 14.3 Å². The molecule has 6 nitrogen and oxygen atoms in total. The topological polar surface area (TPSA) is 65.4 Å². The van der Waals surface area contributed by atoms with E-state index >= 15 is 0 Å². The van der Waals surface area contributed by atoms with Gasteiger partial charge in [-0.3, -0.25) is 9.48 Å². The zero-order valence-corrected chi connectivity index (χ0v) is 14.3. The van der Waals surface area contributed by atoms with Crippen LogP contribution in [0.25, 0.3) is 0 Å². The standard InChI is InChI=1S/C18H23N3O3/c1-4-21-16(9-13(3)20-21)18(22)19-14-6-5-12(2)17(10-14)24-15-7-8-23-11-15/h5-6,9-10,15H,4,7-8,11H2,1-3H3,(H,19,22)/t15-/m0/s1. The smallest absolute Gasteiger partial charge is 0.273 e. The number of carbonyl (C=O) groups excluding carboxylic acids is 1. The number of hydrogen-bond donors (Lipinski definition) is 1. The van der Waals surface area contributed by atoms with Crippen LogP contribution in [0.15, 0.2) is 24.3 Å². The van der Waals surface area contributed by atoms with Crippen molar-refractivity contribution >= 4 is 11.6 Å². The number of anilines is 1.